The number of rotatable bonds is 11. The Balaban J connectivity index is 0.00000392. The minimum atomic E-state index is 0. The number of hydrogen-bond donors (Lipinski definition) is 2. The Kier molecular flexibility index (Phi) is 14.1. The van der Waals surface area contributed by atoms with Gasteiger partial charge in [-0.3, -0.25) is 9.89 Å². The van der Waals surface area contributed by atoms with E-state index in [0.717, 1.165) is 64.9 Å². The molecule has 0 saturated carbocycles. The molecule has 2 heterocycles. The Morgan fingerprint density at radius 2 is 2.00 bits per heavy atom. The number of guanidine groups is 1. The van der Waals surface area contributed by atoms with E-state index < -0.39 is 0 Å². The lowest BCUT2D eigenvalue weighted by molar-refractivity contribution is 0.0177. The third-order valence-electron chi connectivity index (χ3n) is 5.13. The van der Waals surface area contributed by atoms with Crippen molar-refractivity contribution in [1.82, 2.24) is 20.4 Å². The molecule has 0 radical (unpaired) electrons. The first-order valence-corrected chi connectivity index (χ1v) is 11.2. The van der Waals surface area contributed by atoms with Crippen LogP contribution in [0.25, 0.3) is 0 Å². The number of nitrogens with one attached hydrogen (secondary N) is 2. The Bertz CT molecular complexity index is 519. The van der Waals surface area contributed by atoms with Gasteiger partial charge in [-0.15, -0.1) is 35.3 Å². The highest BCUT2D eigenvalue weighted by atomic mass is 127. The lowest BCUT2D eigenvalue weighted by Gasteiger charge is -2.34. The van der Waals surface area contributed by atoms with Crippen LogP contribution < -0.4 is 10.6 Å². The summed E-state index contributed by atoms with van der Waals surface area (Å²) in [5, 5.41) is 9.15. The fourth-order valence-corrected chi connectivity index (χ4v) is 4.26. The maximum atomic E-state index is 5.52. The number of ether oxygens (including phenoxy) is 1. The van der Waals surface area contributed by atoms with E-state index in [1.165, 1.54) is 17.8 Å². The van der Waals surface area contributed by atoms with Crippen LogP contribution >= 0.6 is 35.3 Å². The number of halogens is 1. The molecule has 0 aliphatic carbocycles. The zero-order valence-corrected chi connectivity index (χ0v) is 20.8. The summed E-state index contributed by atoms with van der Waals surface area (Å²) in [4.78, 5) is 10.8. The van der Waals surface area contributed by atoms with Gasteiger partial charge in [0.2, 0.25) is 0 Å². The molecule has 1 unspecified atom stereocenters. The van der Waals surface area contributed by atoms with Crippen molar-refractivity contribution in [2.45, 2.75) is 32.7 Å². The first-order chi connectivity index (χ1) is 13.3. The molecular weight excluding hydrogens is 485 g/mol. The number of morpholine rings is 1. The van der Waals surface area contributed by atoms with E-state index in [9.17, 15) is 0 Å². The molecule has 162 valence electrons. The second-order valence-electron chi connectivity index (χ2n) is 6.79. The van der Waals surface area contributed by atoms with Gasteiger partial charge in [0.05, 0.1) is 19.3 Å². The molecule has 6 nitrogen and oxygen atoms in total. The molecule has 0 aromatic carbocycles. The second-order valence-corrected chi connectivity index (χ2v) is 7.77. The number of thiophene rings is 1. The number of nitrogens with zero attached hydrogens (tertiary/aromatic N) is 3. The number of hydrogen-bond acceptors (Lipinski definition) is 5. The van der Waals surface area contributed by atoms with Gasteiger partial charge in [-0.05, 0) is 43.9 Å². The van der Waals surface area contributed by atoms with Crippen LogP contribution in [-0.4, -0.2) is 81.8 Å². The predicted molar refractivity (Wildman–Crippen MR) is 131 cm³/mol. The van der Waals surface area contributed by atoms with Gasteiger partial charge in [0.1, 0.15) is 0 Å². The first-order valence-electron chi connectivity index (χ1n) is 10.3. The quantitative estimate of drug-likeness (QED) is 0.202. The highest BCUT2D eigenvalue weighted by Gasteiger charge is 2.23. The summed E-state index contributed by atoms with van der Waals surface area (Å²) in [6, 6.07) is 4.74. The Labute approximate surface area is 192 Å². The fraction of sp³-hybridized carbons (Fsp3) is 0.750. The van der Waals surface area contributed by atoms with Gasteiger partial charge in [-0.2, -0.15) is 0 Å². The van der Waals surface area contributed by atoms with Crippen LogP contribution in [-0.2, 0) is 4.74 Å². The SMILES string of the molecule is CCN(CC)CCCCNC(=NC)NCC(c1cccs1)N1CCOCC1.I. The van der Waals surface area contributed by atoms with Gasteiger partial charge in [0.25, 0.3) is 0 Å². The van der Waals surface area contributed by atoms with E-state index in [1.807, 2.05) is 18.4 Å². The molecule has 1 saturated heterocycles. The normalized spacial score (nSPS) is 16.6. The average Bonchev–Trinajstić information content (AvgIpc) is 3.24. The molecule has 8 heteroatoms. The van der Waals surface area contributed by atoms with E-state index in [4.69, 9.17) is 4.74 Å². The van der Waals surface area contributed by atoms with Crippen LogP contribution in [0.1, 0.15) is 37.6 Å². The first kappa shape index (κ1) is 25.6. The molecule has 2 rings (SSSR count). The summed E-state index contributed by atoms with van der Waals surface area (Å²) in [7, 11) is 1.85. The third kappa shape index (κ3) is 8.94. The smallest absolute Gasteiger partial charge is 0.191 e. The van der Waals surface area contributed by atoms with Crippen LogP contribution in [0.4, 0.5) is 0 Å². The van der Waals surface area contributed by atoms with Crippen molar-refractivity contribution in [3.8, 4) is 0 Å². The summed E-state index contributed by atoms with van der Waals surface area (Å²) in [6.07, 6.45) is 2.38. The molecule has 2 N–H and O–H groups in total. The van der Waals surface area contributed by atoms with Gasteiger partial charge in [0.15, 0.2) is 5.96 Å². The molecule has 1 aromatic rings. The zero-order valence-electron chi connectivity index (χ0n) is 17.7. The summed E-state index contributed by atoms with van der Waals surface area (Å²) in [5.41, 5.74) is 0. The number of aliphatic imine (C=N–C) groups is 1. The molecule has 0 amide bonds. The standard InChI is InChI=1S/C20H37N5OS.HI/c1-4-24(5-2)11-7-6-10-22-20(21-3)23-17-18(19-9-8-16-27-19)25-12-14-26-15-13-25;/h8-9,16,18H,4-7,10-15,17H2,1-3H3,(H2,21,22,23);1H. The Morgan fingerprint density at radius 3 is 2.61 bits per heavy atom. The summed E-state index contributed by atoms with van der Waals surface area (Å²) in [6.45, 7) is 13.3. The van der Waals surface area contributed by atoms with Crippen molar-refractivity contribution in [3.05, 3.63) is 22.4 Å². The molecular formula is C20H38IN5OS. The van der Waals surface area contributed by atoms with Crippen molar-refractivity contribution < 1.29 is 4.74 Å². The van der Waals surface area contributed by atoms with Gasteiger partial charge >= 0.3 is 0 Å². The minimum absolute atomic E-state index is 0. The second kappa shape index (κ2) is 15.4. The maximum Gasteiger partial charge on any atom is 0.191 e. The van der Waals surface area contributed by atoms with Crippen LogP contribution in [0.2, 0.25) is 0 Å². The molecule has 0 spiro atoms. The monoisotopic (exact) mass is 523 g/mol. The van der Waals surface area contributed by atoms with E-state index >= 15 is 0 Å². The van der Waals surface area contributed by atoms with Crippen molar-refractivity contribution >= 4 is 41.3 Å². The fourth-order valence-electron chi connectivity index (χ4n) is 3.40. The van der Waals surface area contributed by atoms with Crippen LogP contribution in [0.5, 0.6) is 0 Å². The Morgan fingerprint density at radius 1 is 1.25 bits per heavy atom. The minimum Gasteiger partial charge on any atom is -0.379 e. The van der Waals surface area contributed by atoms with Crippen molar-refractivity contribution in [2.24, 2.45) is 4.99 Å². The highest BCUT2D eigenvalue weighted by molar-refractivity contribution is 14.0. The van der Waals surface area contributed by atoms with Gasteiger partial charge in [-0.1, -0.05) is 19.9 Å². The summed E-state index contributed by atoms with van der Waals surface area (Å²) < 4.78 is 5.52. The van der Waals surface area contributed by atoms with Gasteiger partial charge < -0.3 is 20.3 Å². The number of unbranched alkanes of at least 4 members (excludes halogenated alkanes) is 1. The van der Waals surface area contributed by atoms with E-state index in [1.54, 1.807) is 0 Å². The summed E-state index contributed by atoms with van der Waals surface area (Å²) in [5.74, 6) is 0.896. The van der Waals surface area contributed by atoms with Crippen LogP contribution in [0, 0.1) is 0 Å². The molecule has 1 aromatic heterocycles. The van der Waals surface area contributed by atoms with Gasteiger partial charge in [0, 0.05) is 38.1 Å². The van der Waals surface area contributed by atoms with Gasteiger partial charge in [-0.25, -0.2) is 0 Å². The van der Waals surface area contributed by atoms with Crippen molar-refractivity contribution in [1.29, 1.82) is 0 Å². The third-order valence-corrected chi connectivity index (χ3v) is 6.11. The highest BCUT2D eigenvalue weighted by Crippen LogP contribution is 2.25. The molecule has 0 bridgehead atoms. The van der Waals surface area contributed by atoms with Crippen LogP contribution in [0.15, 0.2) is 22.5 Å². The molecule has 1 fully saturated rings. The van der Waals surface area contributed by atoms with Crippen LogP contribution in [0.3, 0.4) is 0 Å². The molecule has 1 aliphatic heterocycles. The average molecular weight is 524 g/mol. The summed E-state index contributed by atoms with van der Waals surface area (Å²) >= 11 is 1.83. The zero-order chi connectivity index (χ0) is 19.3. The van der Waals surface area contributed by atoms with E-state index in [-0.39, 0.29) is 24.0 Å². The predicted octanol–water partition coefficient (Wildman–Crippen LogP) is 3.03. The lowest BCUT2D eigenvalue weighted by atomic mass is 10.2. The van der Waals surface area contributed by atoms with Crippen molar-refractivity contribution in [3.63, 3.8) is 0 Å². The lowest BCUT2D eigenvalue weighted by Crippen LogP contribution is -2.46. The van der Waals surface area contributed by atoms with Crippen molar-refractivity contribution in [2.75, 3.05) is 66.1 Å². The Hall–Kier alpha value is -0.420. The molecule has 1 atom stereocenters. The maximum absolute atomic E-state index is 5.52. The van der Waals surface area contributed by atoms with E-state index in [0.29, 0.717) is 6.04 Å². The van der Waals surface area contributed by atoms with E-state index in [2.05, 4.69) is 56.8 Å². The molecule has 28 heavy (non-hydrogen) atoms. The topological polar surface area (TPSA) is 52.1 Å². The molecule has 1 aliphatic rings. The largest absolute Gasteiger partial charge is 0.379 e.